The molecule has 0 N–H and O–H groups in total. The van der Waals surface area contributed by atoms with Crippen LogP contribution >= 0.6 is 11.6 Å². The number of nitrogens with zero attached hydrogens (tertiary/aromatic N) is 4. The Labute approximate surface area is 176 Å². The zero-order chi connectivity index (χ0) is 21.3. The number of rotatable bonds is 5. The monoisotopic (exact) mass is 436 g/mol. The van der Waals surface area contributed by atoms with Crippen LogP contribution in [-0.4, -0.2) is 19.5 Å². The Bertz CT molecular complexity index is 1030. The summed E-state index contributed by atoms with van der Waals surface area (Å²) in [5, 5.41) is 0.136. The van der Waals surface area contributed by atoms with Gasteiger partial charge in [-0.25, -0.2) is 9.97 Å². The average molecular weight is 437 g/mol. The maximum absolute atomic E-state index is 12.9. The number of benzene rings is 1. The number of ether oxygens (including phenoxy) is 1. The zero-order valence-corrected chi connectivity index (χ0v) is 17.0. The first-order valence-corrected chi connectivity index (χ1v) is 10.0. The van der Waals surface area contributed by atoms with E-state index in [0.29, 0.717) is 17.4 Å². The van der Waals surface area contributed by atoms with E-state index in [0.717, 1.165) is 30.2 Å². The highest BCUT2D eigenvalue weighted by Crippen LogP contribution is 2.38. The van der Waals surface area contributed by atoms with Crippen LogP contribution in [0.5, 0.6) is 5.88 Å². The number of aromatic nitrogens is 4. The Morgan fingerprint density at radius 2 is 1.83 bits per heavy atom. The molecule has 0 spiro atoms. The summed E-state index contributed by atoms with van der Waals surface area (Å²) in [6.45, 7) is 0.266. The van der Waals surface area contributed by atoms with Crippen molar-refractivity contribution in [2.45, 2.75) is 44.4 Å². The fourth-order valence-electron chi connectivity index (χ4n) is 3.76. The molecule has 1 saturated carbocycles. The first kappa shape index (κ1) is 20.7. The van der Waals surface area contributed by atoms with Gasteiger partial charge in [0.05, 0.1) is 0 Å². The van der Waals surface area contributed by atoms with E-state index in [1.807, 2.05) is 0 Å². The molecule has 4 rings (SSSR count). The molecular weight excluding hydrogens is 417 g/mol. The van der Waals surface area contributed by atoms with Crippen molar-refractivity contribution in [1.82, 2.24) is 19.5 Å². The van der Waals surface area contributed by atoms with Crippen LogP contribution in [0.2, 0.25) is 5.28 Å². The van der Waals surface area contributed by atoms with Crippen LogP contribution in [0, 0.1) is 0 Å². The summed E-state index contributed by atoms with van der Waals surface area (Å²) in [6.07, 6.45) is 2.77. The summed E-state index contributed by atoms with van der Waals surface area (Å²) in [5.74, 6) is 1.12. The lowest BCUT2D eigenvalue weighted by Crippen LogP contribution is -2.05. The molecule has 0 amide bonds. The average Bonchev–Trinajstić information content (AvgIpc) is 3.36. The first-order chi connectivity index (χ1) is 14.3. The topological polar surface area (TPSA) is 52.8 Å². The van der Waals surface area contributed by atoms with Crippen molar-refractivity contribution in [2.75, 3.05) is 0 Å². The second-order valence-corrected chi connectivity index (χ2v) is 7.76. The highest BCUT2D eigenvalue weighted by molar-refractivity contribution is 6.28. The standard InChI is InChI=1S/C21H20ClF3N4O/c1-29-11-17(21(23,24)25)27-18(29)15-8-6-13(7-9-15)12-30-19-16(10-26-20(22)28-19)14-4-2-3-5-14/h6-11,14H,2-5,12H2,1H3. The molecule has 3 aromatic rings. The second kappa shape index (κ2) is 8.26. The van der Waals surface area contributed by atoms with Gasteiger partial charge in [-0.1, -0.05) is 37.1 Å². The normalized spacial score (nSPS) is 15.0. The Kier molecular flexibility index (Phi) is 5.69. The van der Waals surface area contributed by atoms with E-state index in [1.165, 1.54) is 24.5 Å². The van der Waals surface area contributed by atoms with Crippen molar-refractivity contribution in [3.05, 3.63) is 58.8 Å². The molecule has 0 saturated heterocycles. The molecule has 0 unspecified atom stereocenters. The third-order valence-electron chi connectivity index (χ3n) is 5.30. The van der Waals surface area contributed by atoms with Crippen molar-refractivity contribution in [2.24, 2.45) is 7.05 Å². The molecule has 1 aliphatic carbocycles. The number of alkyl halides is 3. The van der Waals surface area contributed by atoms with Crippen molar-refractivity contribution in [3.63, 3.8) is 0 Å². The van der Waals surface area contributed by atoms with Crippen LogP contribution < -0.4 is 4.74 Å². The molecule has 5 nitrogen and oxygen atoms in total. The minimum absolute atomic E-state index is 0.136. The third kappa shape index (κ3) is 4.43. The molecule has 0 aliphatic heterocycles. The van der Waals surface area contributed by atoms with E-state index >= 15 is 0 Å². The van der Waals surface area contributed by atoms with Gasteiger partial charge in [-0.3, -0.25) is 0 Å². The lowest BCUT2D eigenvalue weighted by atomic mass is 10.0. The van der Waals surface area contributed by atoms with E-state index in [4.69, 9.17) is 16.3 Å². The number of imidazole rings is 1. The summed E-state index contributed by atoms with van der Waals surface area (Å²) in [5.41, 5.74) is 1.51. The minimum Gasteiger partial charge on any atom is -0.472 e. The van der Waals surface area contributed by atoms with Crippen molar-refractivity contribution < 1.29 is 17.9 Å². The summed E-state index contributed by atoms with van der Waals surface area (Å²) < 4.78 is 45.9. The maximum atomic E-state index is 12.9. The van der Waals surface area contributed by atoms with Gasteiger partial charge in [-0.15, -0.1) is 0 Å². The Morgan fingerprint density at radius 3 is 2.47 bits per heavy atom. The molecule has 9 heteroatoms. The van der Waals surface area contributed by atoms with Crippen LogP contribution in [-0.2, 0) is 19.8 Å². The highest BCUT2D eigenvalue weighted by atomic mass is 35.5. The molecule has 0 radical (unpaired) electrons. The van der Waals surface area contributed by atoms with Crippen molar-refractivity contribution >= 4 is 11.6 Å². The van der Waals surface area contributed by atoms with E-state index in [2.05, 4.69) is 15.0 Å². The second-order valence-electron chi connectivity index (χ2n) is 7.42. The van der Waals surface area contributed by atoms with E-state index < -0.39 is 11.9 Å². The largest absolute Gasteiger partial charge is 0.472 e. The number of halogens is 4. The van der Waals surface area contributed by atoms with Gasteiger partial charge in [-0.05, 0) is 35.9 Å². The summed E-state index contributed by atoms with van der Waals surface area (Å²) in [6, 6.07) is 7.06. The van der Waals surface area contributed by atoms with E-state index in [9.17, 15) is 13.2 Å². The van der Waals surface area contributed by atoms with Crippen molar-refractivity contribution in [1.29, 1.82) is 0 Å². The Balaban J connectivity index is 1.49. The van der Waals surface area contributed by atoms with Gasteiger partial charge < -0.3 is 9.30 Å². The van der Waals surface area contributed by atoms with E-state index in [-0.39, 0.29) is 17.7 Å². The van der Waals surface area contributed by atoms with Gasteiger partial charge in [0, 0.05) is 30.6 Å². The third-order valence-corrected chi connectivity index (χ3v) is 5.48. The quantitative estimate of drug-likeness (QED) is 0.475. The summed E-state index contributed by atoms with van der Waals surface area (Å²) in [4.78, 5) is 12.1. The van der Waals surface area contributed by atoms with Gasteiger partial charge in [0.2, 0.25) is 11.2 Å². The molecule has 2 aromatic heterocycles. The fraction of sp³-hybridized carbons (Fsp3) is 0.381. The van der Waals surface area contributed by atoms with Crippen LogP contribution in [0.3, 0.4) is 0 Å². The van der Waals surface area contributed by atoms with Gasteiger partial charge in [0.15, 0.2) is 5.69 Å². The molecule has 0 bridgehead atoms. The Morgan fingerprint density at radius 1 is 1.13 bits per heavy atom. The lowest BCUT2D eigenvalue weighted by molar-refractivity contribution is -0.140. The SMILES string of the molecule is Cn1cc(C(F)(F)F)nc1-c1ccc(COc2nc(Cl)ncc2C2CCCC2)cc1. The van der Waals surface area contributed by atoms with Crippen LogP contribution in [0.1, 0.15) is 48.4 Å². The predicted molar refractivity (Wildman–Crippen MR) is 106 cm³/mol. The van der Waals surface area contributed by atoms with Gasteiger partial charge in [0.25, 0.3) is 0 Å². The summed E-state index contributed by atoms with van der Waals surface area (Å²) in [7, 11) is 1.54. The molecular formula is C21H20ClF3N4O. The predicted octanol–water partition coefficient (Wildman–Crippen LogP) is 5.79. The number of aryl methyl sites for hydroxylation is 1. The van der Waals surface area contributed by atoms with E-state index in [1.54, 1.807) is 30.5 Å². The van der Waals surface area contributed by atoms with Gasteiger partial charge in [-0.2, -0.15) is 18.2 Å². The molecule has 1 fully saturated rings. The van der Waals surface area contributed by atoms with Crippen molar-refractivity contribution in [3.8, 4) is 17.3 Å². The maximum Gasteiger partial charge on any atom is 0.434 e. The van der Waals surface area contributed by atoms with Gasteiger partial charge in [0.1, 0.15) is 12.4 Å². The Hall–Kier alpha value is -2.61. The highest BCUT2D eigenvalue weighted by Gasteiger charge is 2.34. The zero-order valence-electron chi connectivity index (χ0n) is 16.3. The first-order valence-electron chi connectivity index (χ1n) is 9.66. The number of hydrogen-bond acceptors (Lipinski definition) is 4. The molecule has 0 atom stereocenters. The molecule has 158 valence electrons. The van der Waals surface area contributed by atoms with Crippen LogP contribution in [0.15, 0.2) is 36.7 Å². The van der Waals surface area contributed by atoms with Gasteiger partial charge >= 0.3 is 6.18 Å². The summed E-state index contributed by atoms with van der Waals surface area (Å²) >= 11 is 5.95. The molecule has 30 heavy (non-hydrogen) atoms. The van der Waals surface area contributed by atoms with Crippen LogP contribution in [0.25, 0.3) is 11.4 Å². The van der Waals surface area contributed by atoms with Crippen LogP contribution in [0.4, 0.5) is 13.2 Å². The molecule has 1 aliphatic rings. The molecule has 2 heterocycles. The fourth-order valence-corrected chi connectivity index (χ4v) is 3.89. The minimum atomic E-state index is -4.47. The number of hydrogen-bond donors (Lipinski definition) is 0. The lowest BCUT2D eigenvalue weighted by Gasteiger charge is -2.15. The molecule has 1 aromatic carbocycles. The smallest absolute Gasteiger partial charge is 0.434 e.